The predicted octanol–water partition coefficient (Wildman–Crippen LogP) is 3.42. The lowest BCUT2D eigenvalue weighted by Gasteiger charge is -2.04. The van der Waals surface area contributed by atoms with Crippen molar-refractivity contribution in [2.75, 3.05) is 0 Å². The van der Waals surface area contributed by atoms with Crippen molar-refractivity contribution in [1.29, 1.82) is 0 Å². The molecule has 1 N–H and O–H groups in total. The van der Waals surface area contributed by atoms with E-state index in [1.807, 2.05) is 0 Å². The minimum absolute atomic E-state index is 0.659. The molecular weight excluding hydrogens is 204 g/mol. The van der Waals surface area contributed by atoms with Crippen LogP contribution in [0, 0.1) is 18.5 Å². The van der Waals surface area contributed by atoms with Crippen LogP contribution in [0.25, 0.3) is 11.3 Å². The molecule has 0 aliphatic heterocycles. The normalized spacial score (nSPS) is 10.3. The first kappa shape index (κ1) is 10.1. The lowest BCUT2D eigenvalue weighted by Crippen LogP contribution is -1.87. The molecular formula is C12H12N2S. The van der Waals surface area contributed by atoms with Gasteiger partial charge < -0.3 is 4.98 Å². The molecule has 0 aliphatic carbocycles. The van der Waals surface area contributed by atoms with Crippen LogP contribution in [-0.2, 0) is 0 Å². The first-order valence-electron chi connectivity index (χ1n) is 4.78. The standard InChI is InChI=1S/C12H12N2S/c1-8-3-9(2)5-10(4-8)11-6-13-7-12(15)14-11/h3-7H,1-2H3,(H,14,15). The predicted molar refractivity (Wildman–Crippen MR) is 64.3 cm³/mol. The highest BCUT2D eigenvalue weighted by Gasteiger charge is 1.99. The van der Waals surface area contributed by atoms with Gasteiger partial charge >= 0.3 is 0 Å². The van der Waals surface area contributed by atoms with Gasteiger partial charge in [-0.3, -0.25) is 4.98 Å². The van der Waals surface area contributed by atoms with Gasteiger partial charge in [0, 0.05) is 5.56 Å². The Hall–Kier alpha value is -1.48. The lowest BCUT2D eigenvalue weighted by atomic mass is 10.1. The molecule has 15 heavy (non-hydrogen) atoms. The Morgan fingerprint density at radius 2 is 1.73 bits per heavy atom. The highest BCUT2D eigenvalue weighted by Crippen LogP contribution is 2.19. The second-order valence-corrected chi connectivity index (χ2v) is 4.13. The smallest absolute Gasteiger partial charge is 0.122 e. The van der Waals surface area contributed by atoms with E-state index in [9.17, 15) is 0 Å². The average Bonchev–Trinajstić information content (AvgIpc) is 2.16. The third kappa shape index (κ3) is 2.30. The van der Waals surface area contributed by atoms with Crippen LogP contribution >= 0.6 is 12.2 Å². The van der Waals surface area contributed by atoms with Gasteiger partial charge in [0.15, 0.2) is 0 Å². The summed E-state index contributed by atoms with van der Waals surface area (Å²) >= 11 is 5.05. The summed E-state index contributed by atoms with van der Waals surface area (Å²) in [5.41, 5.74) is 4.59. The van der Waals surface area contributed by atoms with Crippen LogP contribution in [-0.4, -0.2) is 9.97 Å². The van der Waals surface area contributed by atoms with E-state index < -0.39 is 0 Å². The zero-order valence-electron chi connectivity index (χ0n) is 8.74. The Balaban J connectivity index is 2.58. The maximum atomic E-state index is 5.05. The zero-order valence-corrected chi connectivity index (χ0v) is 9.56. The maximum absolute atomic E-state index is 5.05. The van der Waals surface area contributed by atoms with E-state index in [4.69, 9.17) is 12.2 Å². The maximum Gasteiger partial charge on any atom is 0.122 e. The number of aryl methyl sites for hydroxylation is 2. The molecule has 1 aromatic carbocycles. The van der Waals surface area contributed by atoms with E-state index in [0.29, 0.717) is 4.64 Å². The average molecular weight is 216 g/mol. The second-order valence-electron chi connectivity index (χ2n) is 3.69. The molecule has 0 bridgehead atoms. The van der Waals surface area contributed by atoms with E-state index in [1.54, 1.807) is 12.4 Å². The third-order valence-electron chi connectivity index (χ3n) is 2.19. The van der Waals surface area contributed by atoms with Crippen molar-refractivity contribution in [1.82, 2.24) is 9.97 Å². The zero-order chi connectivity index (χ0) is 10.8. The van der Waals surface area contributed by atoms with Crippen molar-refractivity contribution >= 4 is 12.2 Å². The van der Waals surface area contributed by atoms with Crippen LogP contribution in [0.5, 0.6) is 0 Å². The van der Waals surface area contributed by atoms with Crippen LogP contribution in [0.3, 0.4) is 0 Å². The van der Waals surface area contributed by atoms with Gasteiger partial charge in [0.2, 0.25) is 0 Å². The molecule has 3 heteroatoms. The fraction of sp³-hybridized carbons (Fsp3) is 0.167. The van der Waals surface area contributed by atoms with Crippen molar-refractivity contribution < 1.29 is 0 Å². The molecule has 0 fully saturated rings. The molecule has 2 rings (SSSR count). The summed E-state index contributed by atoms with van der Waals surface area (Å²) in [5.74, 6) is 0. The topological polar surface area (TPSA) is 28.7 Å². The Bertz CT molecular complexity index is 523. The summed E-state index contributed by atoms with van der Waals surface area (Å²) in [5, 5.41) is 0. The molecule has 2 aromatic rings. The van der Waals surface area contributed by atoms with Crippen LogP contribution in [0.15, 0.2) is 30.6 Å². The number of nitrogens with zero attached hydrogens (tertiary/aromatic N) is 1. The number of rotatable bonds is 1. The summed E-state index contributed by atoms with van der Waals surface area (Å²) in [6.07, 6.45) is 3.44. The van der Waals surface area contributed by atoms with Crippen LogP contribution in [0.1, 0.15) is 11.1 Å². The van der Waals surface area contributed by atoms with Crippen LogP contribution < -0.4 is 0 Å². The number of nitrogens with one attached hydrogen (secondary N) is 1. The monoisotopic (exact) mass is 216 g/mol. The number of hydrogen-bond acceptors (Lipinski definition) is 2. The Morgan fingerprint density at radius 1 is 1.07 bits per heavy atom. The molecule has 1 heterocycles. The number of benzene rings is 1. The molecule has 76 valence electrons. The number of hydrogen-bond donors (Lipinski definition) is 1. The van der Waals surface area contributed by atoms with Crippen molar-refractivity contribution in [2.45, 2.75) is 13.8 Å². The fourth-order valence-electron chi connectivity index (χ4n) is 1.65. The first-order chi connectivity index (χ1) is 7.15. The van der Waals surface area contributed by atoms with Crippen molar-refractivity contribution in [3.63, 3.8) is 0 Å². The van der Waals surface area contributed by atoms with Gasteiger partial charge in [0.25, 0.3) is 0 Å². The summed E-state index contributed by atoms with van der Waals surface area (Å²) in [7, 11) is 0. The highest BCUT2D eigenvalue weighted by atomic mass is 32.1. The van der Waals surface area contributed by atoms with Crippen LogP contribution in [0.4, 0.5) is 0 Å². The van der Waals surface area contributed by atoms with E-state index in [1.165, 1.54) is 11.1 Å². The molecule has 1 aromatic heterocycles. The molecule has 0 saturated carbocycles. The van der Waals surface area contributed by atoms with Gasteiger partial charge in [-0.05, 0) is 26.0 Å². The van der Waals surface area contributed by atoms with Crippen LogP contribution in [0.2, 0.25) is 0 Å². The number of aromatic amines is 1. The van der Waals surface area contributed by atoms with E-state index in [0.717, 1.165) is 11.3 Å². The number of H-pyrrole nitrogens is 1. The van der Waals surface area contributed by atoms with Crippen molar-refractivity contribution in [3.8, 4) is 11.3 Å². The summed E-state index contributed by atoms with van der Waals surface area (Å²) in [6.45, 7) is 4.17. The first-order valence-corrected chi connectivity index (χ1v) is 5.19. The largest absolute Gasteiger partial charge is 0.344 e. The van der Waals surface area contributed by atoms with Crippen molar-refractivity contribution in [2.24, 2.45) is 0 Å². The van der Waals surface area contributed by atoms with Gasteiger partial charge in [-0.1, -0.05) is 29.4 Å². The molecule has 0 unspecified atom stereocenters. The molecule has 0 aliphatic rings. The summed E-state index contributed by atoms with van der Waals surface area (Å²) in [4.78, 5) is 7.21. The fourth-order valence-corrected chi connectivity index (χ4v) is 1.82. The highest BCUT2D eigenvalue weighted by molar-refractivity contribution is 7.71. The summed E-state index contributed by atoms with van der Waals surface area (Å²) < 4.78 is 0.659. The van der Waals surface area contributed by atoms with E-state index in [-0.39, 0.29) is 0 Å². The van der Waals surface area contributed by atoms with Gasteiger partial charge in [-0.25, -0.2) is 0 Å². The van der Waals surface area contributed by atoms with E-state index in [2.05, 4.69) is 42.0 Å². The van der Waals surface area contributed by atoms with Gasteiger partial charge in [0.05, 0.1) is 18.1 Å². The Kier molecular flexibility index (Phi) is 2.64. The Morgan fingerprint density at radius 3 is 2.33 bits per heavy atom. The second kappa shape index (κ2) is 3.95. The molecule has 2 nitrogen and oxygen atoms in total. The minimum Gasteiger partial charge on any atom is -0.344 e. The lowest BCUT2D eigenvalue weighted by molar-refractivity contribution is 1.18. The van der Waals surface area contributed by atoms with Crippen molar-refractivity contribution in [3.05, 3.63) is 46.4 Å². The van der Waals surface area contributed by atoms with Gasteiger partial charge in [-0.2, -0.15) is 0 Å². The summed E-state index contributed by atoms with van der Waals surface area (Å²) in [6, 6.07) is 6.39. The Labute approximate surface area is 94.0 Å². The SMILES string of the molecule is Cc1cc(C)cc(-c2cncc(=S)[nH]2)c1. The minimum atomic E-state index is 0.659. The van der Waals surface area contributed by atoms with Gasteiger partial charge in [0.1, 0.15) is 4.64 Å². The third-order valence-corrected chi connectivity index (χ3v) is 2.39. The van der Waals surface area contributed by atoms with Gasteiger partial charge in [-0.15, -0.1) is 0 Å². The number of aromatic nitrogens is 2. The molecule has 0 spiro atoms. The quantitative estimate of drug-likeness (QED) is 0.740. The van der Waals surface area contributed by atoms with E-state index >= 15 is 0 Å². The molecule has 0 saturated heterocycles. The molecule has 0 radical (unpaired) electrons. The molecule has 0 amide bonds. The molecule has 0 atom stereocenters.